The zero-order valence-electron chi connectivity index (χ0n) is 43.9. The van der Waals surface area contributed by atoms with Gasteiger partial charge in [-0.15, -0.1) is 0 Å². The molecule has 2 aliphatic heterocycles. The van der Waals surface area contributed by atoms with E-state index in [1.807, 2.05) is 147 Å². The number of nitrogens with one attached hydrogen (secondary N) is 3. The van der Waals surface area contributed by atoms with Crippen LogP contribution in [-0.4, -0.2) is 97.2 Å². The van der Waals surface area contributed by atoms with E-state index >= 15 is 0 Å². The van der Waals surface area contributed by atoms with Gasteiger partial charge in [-0.1, -0.05) is 55.5 Å². The van der Waals surface area contributed by atoms with Crippen molar-refractivity contribution in [1.82, 2.24) is 29.7 Å². The molecule has 1 unspecified atom stereocenters. The first kappa shape index (κ1) is 52.8. The first-order chi connectivity index (χ1) is 37.1. The van der Waals surface area contributed by atoms with Crippen LogP contribution in [0.15, 0.2) is 133 Å². The number of esters is 1. The number of imide groups is 1. The molecule has 0 bridgehead atoms. The number of benzene rings is 5. The number of hydrogen-bond donors (Lipinski definition) is 4. The summed E-state index contributed by atoms with van der Waals surface area (Å²) in [6.07, 6.45) is 9.15. The predicted octanol–water partition coefficient (Wildman–Crippen LogP) is 8.39. The lowest BCUT2D eigenvalue weighted by atomic mass is 9.89. The molecule has 9 rings (SSSR count). The largest absolute Gasteiger partial charge is 0.478 e. The van der Waals surface area contributed by atoms with Crippen molar-refractivity contribution in [3.05, 3.63) is 156 Å². The number of hydrogen-bond acceptors (Lipinski definition) is 9. The number of carbonyl (C=O) groups is 6. The fourth-order valence-corrected chi connectivity index (χ4v) is 10.2. The lowest BCUT2D eigenvalue weighted by Crippen LogP contribution is -2.41. The van der Waals surface area contributed by atoms with Crippen LogP contribution in [-0.2, 0) is 37.5 Å². The van der Waals surface area contributed by atoms with Gasteiger partial charge < -0.3 is 38.9 Å². The number of aryl methyl sites for hydroxylation is 2. The van der Waals surface area contributed by atoms with Gasteiger partial charge in [0, 0.05) is 119 Å². The van der Waals surface area contributed by atoms with Gasteiger partial charge in [-0.05, 0) is 92.6 Å². The summed E-state index contributed by atoms with van der Waals surface area (Å²) in [7, 11) is 9.65. The van der Waals surface area contributed by atoms with Crippen LogP contribution in [0.5, 0.6) is 0 Å². The number of fused-ring (bicyclic) bond motifs is 4. The quantitative estimate of drug-likeness (QED) is 0.0136. The van der Waals surface area contributed by atoms with Crippen molar-refractivity contribution < 1.29 is 43.0 Å². The third-order valence-corrected chi connectivity index (χ3v) is 14.2. The average molecular weight is 1040 g/mol. The molecule has 4 heterocycles. The Kier molecular flexibility index (Phi) is 15.7. The maximum Gasteiger partial charge on any atom is 0.336 e. The molecule has 16 heteroatoms. The Hall–Kier alpha value is -9.05. The molecule has 0 fully saturated rings. The predicted molar refractivity (Wildman–Crippen MR) is 299 cm³/mol. The second kappa shape index (κ2) is 22.8. The lowest BCUT2D eigenvalue weighted by Gasteiger charge is -2.19. The Morgan fingerprint density at radius 3 is 2.18 bits per heavy atom. The molecule has 1 aliphatic carbocycles. The van der Waals surface area contributed by atoms with E-state index in [9.17, 15) is 33.9 Å². The van der Waals surface area contributed by atoms with Crippen molar-refractivity contribution in [1.29, 1.82) is 0 Å². The number of aromatic nitrogens is 2. The Labute approximate surface area is 445 Å². The van der Waals surface area contributed by atoms with Crippen LogP contribution in [0, 0.1) is 0 Å². The molecule has 3 aliphatic rings. The number of aromatic carboxylic acids is 1. The second-order valence-corrected chi connectivity index (χ2v) is 19.7. The highest BCUT2D eigenvalue weighted by molar-refractivity contribution is 6.50. The minimum Gasteiger partial charge on any atom is -0.478 e. The molecule has 0 radical (unpaired) electrons. The van der Waals surface area contributed by atoms with E-state index in [1.54, 1.807) is 12.1 Å². The molecule has 1 atom stereocenters. The smallest absolute Gasteiger partial charge is 0.336 e. The Morgan fingerprint density at radius 1 is 0.779 bits per heavy atom. The summed E-state index contributed by atoms with van der Waals surface area (Å²) in [6.45, 7) is 4.58. The molecule has 77 heavy (non-hydrogen) atoms. The molecule has 0 spiro atoms. The third-order valence-electron chi connectivity index (χ3n) is 14.2. The van der Waals surface area contributed by atoms with Gasteiger partial charge in [0.2, 0.25) is 11.3 Å². The highest BCUT2D eigenvalue weighted by Gasteiger charge is 2.35. The molecular weight excluding hydrogens is 975 g/mol. The molecular formula is C61H62N7O9+. The van der Waals surface area contributed by atoms with Crippen molar-refractivity contribution in [3.8, 4) is 22.5 Å². The SMILES string of the molecule is C=CC(=O)NC(CCCCNC(=O)c1ccc(-c2c3ccc(=[N+](C)C)cc-3oc3cc(N(C)C)ccc23)c(C(=O)O)c1)C(=O)OCCCCCCn1cc(C2=C(c3cn(C)c4ccccc34)C(=O)NC2=O)c2ccccc21. The number of amides is 4. The highest BCUT2D eigenvalue weighted by atomic mass is 16.5. The van der Waals surface area contributed by atoms with Crippen molar-refractivity contribution in [2.24, 2.45) is 7.05 Å². The summed E-state index contributed by atoms with van der Waals surface area (Å²) in [5.74, 6) is -2.98. The first-order valence-electron chi connectivity index (χ1n) is 25.8. The Balaban J connectivity index is 0.778. The van der Waals surface area contributed by atoms with E-state index in [2.05, 4.69) is 27.1 Å². The van der Waals surface area contributed by atoms with Crippen LogP contribution < -0.4 is 30.8 Å². The third kappa shape index (κ3) is 11.0. The van der Waals surface area contributed by atoms with Crippen LogP contribution in [0.1, 0.15) is 76.8 Å². The van der Waals surface area contributed by atoms with Gasteiger partial charge in [-0.25, -0.2) is 14.2 Å². The molecule has 4 aromatic carbocycles. The molecule has 4 amide bonds. The molecule has 394 valence electrons. The van der Waals surface area contributed by atoms with Gasteiger partial charge in [-0.3, -0.25) is 24.5 Å². The van der Waals surface area contributed by atoms with Crippen LogP contribution in [0.3, 0.4) is 0 Å². The minimum atomic E-state index is -1.19. The normalized spacial score (nSPS) is 12.8. The van der Waals surface area contributed by atoms with E-state index in [1.165, 1.54) is 6.07 Å². The van der Waals surface area contributed by atoms with Crippen LogP contribution in [0.4, 0.5) is 5.69 Å². The summed E-state index contributed by atoms with van der Waals surface area (Å²) in [5, 5.41) is 22.0. The summed E-state index contributed by atoms with van der Waals surface area (Å²) in [4.78, 5) is 80.8. The van der Waals surface area contributed by atoms with Crippen molar-refractivity contribution in [2.75, 3.05) is 46.2 Å². The van der Waals surface area contributed by atoms with E-state index in [4.69, 9.17) is 9.15 Å². The standard InChI is InChI=1S/C61H61N7O9/c1-7-53(69)63-48(20-14-15-29-62-57(70)37-23-26-42(45(32-37)60(73)74)54-43-27-24-38(65(2)3)33-51(43)77-52-34-39(66(4)5)25-28-44(52)54)61(75)76-31-17-9-8-16-30-68-36-47(41-19-11-13-22-50(41)68)56-55(58(71)64-59(56)72)46-35-67(6)49-21-12-10-18-40(46)49/h7,10-13,18-19,21-28,32-36,48H,1,8-9,14-17,20,29-31H2,2-6H3,(H3-,62,63,64,69,70,71,72,73,74)/p+1. The molecule has 4 N–H and O–H groups in total. The monoisotopic (exact) mass is 1040 g/mol. The lowest BCUT2D eigenvalue weighted by molar-refractivity contribution is -0.147. The maximum atomic E-state index is 13.5. The second-order valence-electron chi connectivity index (χ2n) is 19.7. The number of unbranched alkanes of at least 4 members (excludes halogenated alkanes) is 4. The van der Waals surface area contributed by atoms with Crippen LogP contribution in [0.2, 0.25) is 0 Å². The molecule has 0 saturated heterocycles. The molecule has 6 aromatic rings. The van der Waals surface area contributed by atoms with Gasteiger partial charge in [0.1, 0.15) is 31.5 Å². The number of carboxylic acids is 1. The first-order valence-corrected chi connectivity index (χ1v) is 25.8. The number of rotatable bonds is 21. The van der Waals surface area contributed by atoms with E-state index < -0.39 is 41.6 Å². The van der Waals surface area contributed by atoms with Crippen LogP contribution >= 0.6 is 0 Å². The Bertz CT molecular complexity index is 3740. The zero-order valence-corrected chi connectivity index (χ0v) is 43.9. The fraction of sp³-hybridized carbons (Fsp3) is 0.262. The van der Waals surface area contributed by atoms with E-state index in [0.29, 0.717) is 70.6 Å². The van der Waals surface area contributed by atoms with Gasteiger partial charge in [0.05, 0.1) is 29.4 Å². The summed E-state index contributed by atoms with van der Waals surface area (Å²) in [5.41, 5.74) is 7.50. The minimum absolute atomic E-state index is 0.0405. The zero-order chi connectivity index (χ0) is 54.5. The van der Waals surface area contributed by atoms with E-state index in [0.717, 1.165) is 69.1 Å². The summed E-state index contributed by atoms with van der Waals surface area (Å²) in [6, 6.07) is 31.0. The summed E-state index contributed by atoms with van der Waals surface area (Å²) < 4.78 is 18.1. The van der Waals surface area contributed by atoms with Gasteiger partial charge >= 0.3 is 11.9 Å². The van der Waals surface area contributed by atoms with E-state index in [-0.39, 0.29) is 30.7 Å². The highest BCUT2D eigenvalue weighted by Crippen LogP contribution is 2.43. The van der Waals surface area contributed by atoms with Gasteiger partial charge in [0.25, 0.3) is 17.7 Å². The molecule has 2 aromatic heterocycles. The molecule has 0 saturated carbocycles. The Morgan fingerprint density at radius 2 is 1.47 bits per heavy atom. The maximum absolute atomic E-state index is 13.5. The topological polar surface area (TPSA) is 197 Å². The average Bonchev–Trinajstić information content (AvgIpc) is 4.16. The number of para-hydroxylation sites is 2. The van der Waals surface area contributed by atoms with Gasteiger partial charge in [-0.2, -0.15) is 0 Å². The number of anilines is 1. The van der Waals surface area contributed by atoms with Crippen LogP contribution in [0.25, 0.3) is 66.4 Å². The number of carboxylic acid groups (broad SMARTS) is 1. The van der Waals surface area contributed by atoms with Gasteiger partial charge in [0.15, 0.2) is 0 Å². The number of carbonyl (C=O) groups excluding carboxylic acids is 5. The number of nitrogens with zero attached hydrogens (tertiary/aromatic N) is 4. The van der Waals surface area contributed by atoms with Crippen molar-refractivity contribution >= 4 is 85.2 Å². The summed E-state index contributed by atoms with van der Waals surface area (Å²) >= 11 is 0. The fourth-order valence-electron chi connectivity index (χ4n) is 10.2. The molecule has 16 nitrogen and oxygen atoms in total. The van der Waals surface area contributed by atoms with Crippen molar-refractivity contribution in [2.45, 2.75) is 57.5 Å². The van der Waals surface area contributed by atoms with Crippen molar-refractivity contribution in [3.63, 3.8) is 0 Å². The number of ether oxygens (including phenoxy) is 1.